The largest absolute Gasteiger partial charge is 0.346 e. The van der Waals surface area contributed by atoms with Crippen molar-refractivity contribution in [1.82, 2.24) is 9.80 Å². The maximum absolute atomic E-state index is 12.9. The summed E-state index contributed by atoms with van der Waals surface area (Å²) in [5, 5.41) is 0. The van der Waals surface area contributed by atoms with Crippen molar-refractivity contribution in [3.8, 4) is 0 Å². The van der Waals surface area contributed by atoms with Crippen LogP contribution in [0.3, 0.4) is 0 Å². The van der Waals surface area contributed by atoms with Gasteiger partial charge >= 0.3 is 0 Å². The maximum atomic E-state index is 12.9. The number of carbonyl (C=O) groups excluding carboxylic acids is 2. The van der Waals surface area contributed by atoms with Gasteiger partial charge in [-0.3, -0.25) is 9.59 Å². The number of ketones is 1. The standard InChI is InChI=1S/C46H92N2O2/c1-6-10-13-16-21-28-35-44(36-29-22-17-14-11-7-2)43-45(49)37-30-23-19-26-33-41-48(39-9-4)42-34-27-20-24-31-38-46(50)47(5)40-32-25-18-15-12-8-3/h44H,6-43H2,1-5H3. The number of hydrogen-bond donors (Lipinski definition) is 0. The van der Waals surface area contributed by atoms with Crippen LogP contribution in [0, 0.1) is 5.92 Å². The molecule has 0 unspecified atom stereocenters. The molecule has 4 nitrogen and oxygen atoms in total. The number of carbonyl (C=O) groups is 2. The Balaban J connectivity index is 4.01. The van der Waals surface area contributed by atoms with Gasteiger partial charge in [0.2, 0.25) is 5.91 Å². The predicted octanol–water partition coefficient (Wildman–Crippen LogP) is 14.3. The monoisotopic (exact) mass is 705 g/mol. The molecule has 0 saturated heterocycles. The van der Waals surface area contributed by atoms with Gasteiger partial charge in [-0.15, -0.1) is 0 Å². The molecule has 4 heteroatoms. The first kappa shape index (κ1) is 49.1. The van der Waals surface area contributed by atoms with Crippen LogP contribution in [0.2, 0.25) is 0 Å². The summed E-state index contributed by atoms with van der Waals surface area (Å²) in [7, 11) is 1.99. The van der Waals surface area contributed by atoms with Crippen LogP contribution in [0.4, 0.5) is 0 Å². The summed E-state index contributed by atoms with van der Waals surface area (Å²) in [4.78, 5) is 30.0. The van der Waals surface area contributed by atoms with Gasteiger partial charge in [0.15, 0.2) is 0 Å². The Hall–Kier alpha value is -0.900. The second-order valence-electron chi connectivity index (χ2n) is 16.2. The number of Topliss-reactive ketones (excluding diaryl/α,β-unsaturated/α-hetero) is 1. The Morgan fingerprint density at radius 1 is 0.400 bits per heavy atom. The van der Waals surface area contributed by atoms with Gasteiger partial charge in [0, 0.05) is 32.9 Å². The van der Waals surface area contributed by atoms with E-state index in [1.54, 1.807) is 0 Å². The number of rotatable bonds is 41. The van der Waals surface area contributed by atoms with Crippen molar-refractivity contribution in [1.29, 1.82) is 0 Å². The lowest BCUT2D eigenvalue weighted by molar-refractivity contribution is -0.130. The molecule has 50 heavy (non-hydrogen) atoms. The van der Waals surface area contributed by atoms with E-state index in [1.807, 2.05) is 11.9 Å². The first-order chi connectivity index (χ1) is 24.5. The highest BCUT2D eigenvalue weighted by Crippen LogP contribution is 2.24. The van der Waals surface area contributed by atoms with Crippen molar-refractivity contribution >= 4 is 11.7 Å². The van der Waals surface area contributed by atoms with E-state index in [4.69, 9.17) is 0 Å². The summed E-state index contributed by atoms with van der Waals surface area (Å²) in [6.07, 6.45) is 42.4. The van der Waals surface area contributed by atoms with Crippen LogP contribution >= 0.6 is 0 Å². The van der Waals surface area contributed by atoms with Crippen LogP contribution in [-0.2, 0) is 9.59 Å². The van der Waals surface area contributed by atoms with Gasteiger partial charge < -0.3 is 9.80 Å². The quantitative estimate of drug-likeness (QED) is 0.0595. The van der Waals surface area contributed by atoms with Crippen LogP contribution in [0.1, 0.15) is 246 Å². The number of unbranched alkanes of at least 4 members (excludes halogenated alkanes) is 23. The average Bonchev–Trinajstić information content (AvgIpc) is 3.11. The third-order valence-electron chi connectivity index (χ3n) is 11.1. The van der Waals surface area contributed by atoms with Gasteiger partial charge in [-0.1, -0.05) is 188 Å². The summed E-state index contributed by atoms with van der Waals surface area (Å²) >= 11 is 0. The van der Waals surface area contributed by atoms with Gasteiger partial charge in [0.1, 0.15) is 5.78 Å². The van der Waals surface area contributed by atoms with E-state index in [9.17, 15) is 9.59 Å². The minimum absolute atomic E-state index is 0.338. The summed E-state index contributed by atoms with van der Waals surface area (Å²) in [6, 6.07) is 0. The summed E-state index contributed by atoms with van der Waals surface area (Å²) in [5.74, 6) is 1.52. The molecule has 298 valence electrons. The fourth-order valence-electron chi connectivity index (χ4n) is 7.63. The lowest BCUT2D eigenvalue weighted by Crippen LogP contribution is -2.27. The third-order valence-corrected chi connectivity index (χ3v) is 11.1. The second-order valence-corrected chi connectivity index (χ2v) is 16.2. The van der Waals surface area contributed by atoms with Crippen LogP contribution in [0.25, 0.3) is 0 Å². The molecule has 0 bridgehead atoms. The molecule has 0 aliphatic rings. The Morgan fingerprint density at radius 2 is 0.780 bits per heavy atom. The zero-order chi connectivity index (χ0) is 36.8. The molecular formula is C46H92N2O2. The zero-order valence-corrected chi connectivity index (χ0v) is 35.2. The Bertz CT molecular complexity index is 694. The molecule has 0 radical (unpaired) electrons. The lowest BCUT2D eigenvalue weighted by Gasteiger charge is -2.21. The van der Waals surface area contributed by atoms with Crippen molar-refractivity contribution in [2.75, 3.05) is 33.2 Å². The molecule has 0 saturated carbocycles. The molecule has 0 fully saturated rings. The highest BCUT2D eigenvalue weighted by Gasteiger charge is 2.14. The topological polar surface area (TPSA) is 40.6 Å². The highest BCUT2D eigenvalue weighted by atomic mass is 16.2. The van der Waals surface area contributed by atoms with Gasteiger partial charge in [0.05, 0.1) is 0 Å². The van der Waals surface area contributed by atoms with E-state index in [2.05, 4.69) is 32.6 Å². The first-order valence-electron chi connectivity index (χ1n) is 23.0. The smallest absolute Gasteiger partial charge is 0.222 e. The minimum Gasteiger partial charge on any atom is -0.346 e. The molecule has 0 atom stereocenters. The van der Waals surface area contributed by atoms with Gasteiger partial charge in [-0.2, -0.15) is 0 Å². The number of amides is 1. The van der Waals surface area contributed by atoms with Crippen molar-refractivity contribution in [2.45, 2.75) is 246 Å². The van der Waals surface area contributed by atoms with Crippen molar-refractivity contribution in [3.63, 3.8) is 0 Å². The molecule has 1 amide bonds. The molecular weight excluding hydrogens is 613 g/mol. The number of nitrogens with zero attached hydrogens (tertiary/aromatic N) is 2. The molecule has 0 aromatic carbocycles. The molecule has 0 N–H and O–H groups in total. The van der Waals surface area contributed by atoms with E-state index in [0.717, 1.165) is 45.1 Å². The Morgan fingerprint density at radius 3 is 1.24 bits per heavy atom. The highest BCUT2D eigenvalue weighted by molar-refractivity contribution is 5.78. The zero-order valence-electron chi connectivity index (χ0n) is 35.2. The molecule has 0 aromatic rings. The molecule has 0 spiro atoms. The van der Waals surface area contributed by atoms with E-state index in [0.29, 0.717) is 17.6 Å². The minimum atomic E-state index is 0.338. The summed E-state index contributed by atoms with van der Waals surface area (Å²) in [5.41, 5.74) is 0. The van der Waals surface area contributed by atoms with E-state index in [-0.39, 0.29) is 0 Å². The van der Waals surface area contributed by atoms with Gasteiger partial charge in [-0.25, -0.2) is 0 Å². The maximum Gasteiger partial charge on any atom is 0.222 e. The van der Waals surface area contributed by atoms with Gasteiger partial charge in [0.25, 0.3) is 0 Å². The first-order valence-corrected chi connectivity index (χ1v) is 23.0. The van der Waals surface area contributed by atoms with Crippen LogP contribution < -0.4 is 0 Å². The van der Waals surface area contributed by atoms with Crippen LogP contribution in [-0.4, -0.2) is 54.7 Å². The molecule has 0 heterocycles. The third kappa shape index (κ3) is 34.2. The molecule has 0 aromatic heterocycles. The molecule has 0 aliphatic carbocycles. The normalized spacial score (nSPS) is 11.7. The van der Waals surface area contributed by atoms with Crippen LogP contribution in [0.15, 0.2) is 0 Å². The van der Waals surface area contributed by atoms with Crippen molar-refractivity contribution in [3.05, 3.63) is 0 Å². The van der Waals surface area contributed by atoms with E-state index < -0.39 is 0 Å². The van der Waals surface area contributed by atoms with Crippen molar-refractivity contribution in [2.24, 2.45) is 5.92 Å². The Labute approximate surface area is 315 Å². The average molecular weight is 705 g/mol. The second kappa shape index (κ2) is 39.3. The fraction of sp³-hybridized carbons (Fsp3) is 0.957. The summed E-state index contributed by atoms with van der Waals surface area (Å²) in [6.45, 7) is 13.7. The Kier molecular flexibility index (Phi) is 38.6. The number of hydrogen-bond acceptors (Lipinski definition) is 3. The summed E-state index contributed by atoms with van der Waals surface area (Å²) < 4.78 is 0. The van der Waals surface area contributed by atoms with Crippen LogP contribution in [0.5, 0.6) is 0 Å². The van der Waals surface area contributed by atoms with Crippen molar-refractivity contribution < 1.29 is 9.59 Å². The lowest BCUT2D eigenvalue weighted by atomic mass is 9.89. The van der Waals surface area contributed by atoms with E-state index >= 15 is 0 Å². The van der Waals surface area contributed by atoms with E-state index in [1.165, 1.54) is 199 Å². The molecule has 0 rings (SSSR count). The molecule has 0 aliphatic heterocycles. The fourth-order valence-corrected chi connectivity index (χ4v) is 7.63. The SMILES string of the molecule is CCCCCCCCC(CCCCCCCC)CC(=O)CCCCCCCN(CCC)CCCCCCCC(=O)N(C)CCCCCCCC. The van der Waals surface area contributed by atoms with Gasteiger partial charge in [-0.05, 0) is 64.1 Å². The predicted molar refractivity (Wildman–Crippen MR) is 222 cm³/mol.